The second-order valence-electron chi connectivity index (χ2n) is 3.90. The van der Waals surface area contributed by atoms with Gasteiger partial charge < -0.3 is 9.97 Å². The number of allylic oxidation sites excluding steroid dienone is 1. The molecule has 2 aromatic heterocycles. The van der Waals surface area contributed by atoms with Crippen LogP contribution in [0, 0.1) is 11.3 Å². The summed E-state index contributed by atoms with van der Waals surface area (Å²) >= 11 is 0. The fourth-order valence-electron chi connectivity index (χ4n) is 1.82. The van der Waals surface area contributed by atoms with Gasteiger partial charge in [-0.3, -0.25) is 0 Å². The number of hydrogen-bond acceptors (Lipinski definition) is 2. The van der Waals surface area contributed by atoms with Crippen LogP contribution in [0.5, 0.6) is 0 Å². The number of H-pyrrole nitrogens is 2. The second-order valence-corrected chi connectivity index (χ2v) is 3.90. The molecule has 0 amide bonds. The number of aromatic nitrogens is 3. The van der Waals surface area contributed by atoms with Crippen LogP contribution in [0.2, 0.25) is 0 Å². The first-order valence-electron chi connectivity index (χ1n) is 5.57. The van der Waals surface area contributed by atoms with E-state index in [-0.39, 0.29) is 0 Å². The van der Waals surface area contributed by atoms with E-state index in [9.17, 15) is 5.26 Å². The van der Waals surface area contributed by atoms with Gasteiger partial charge in [0, 0.05) is 11.9 Å². The lowest BCUT2D eigenvalue weighted by molar-refractivity contribution is 1.27. The topological polar surface area (TPSA) is 68.3 Å². The highest BCUT2D eigenvalue weighted by Gasteiger charge is 2.07. The lowest BCUT2D eigenvalue weighted by Crippen LogP contribution is -1.84. The molecule has 0 aliphatic carbocycles. The average Bonchev–Trinajstić information content (AvgIpc) is 3.04. The summed E-state index contributed by atoms with van der Waals surface area (Å²) in [6.45, 7) is 0. The molecule has 0 saturated heterocycles. The van der Waals surface area contributed by atoms with Crippen LogP contribution >= 0.6 is 0 Å². The Hall–Kier alpha value is -2.80. The molecule has 0 spiro atoms. The third kappa shape index (κ3) is 1.78. The van der Waals surface area contributed by atoms with Crippen LogP contribution in [0.1, 0.15) is 11.5 Å². The number of benzene rings is 1. The number of fused-ring (bicyclic) bond motifs is 1. The Kier molecular flexibility index (Phi) is 2.43. The van der Waals surface area contributed by atoms with Crippen molar-refractivity contribution in [3.8, 4) is 6.07 Å². The molecule has 0 radical (unpaired) electrons. The maximum atomic E-state index is 9.21. The van der Waals surface area contributed by atoms with E-state index in [0.29, 0.717) is 11.4 Å². The Morgan fingerprint density at radius 2 is 2.11 bits per heavy atom. The molecule has 0 saturated carbocycles. The first kappa shape index (κ1) is 10.4. The number of nitriles is 1. The number of imidazole rings is 1. The van der Waals surface area contributed by atoms with Gasteiger partial charge in [-0.25, -0.2) is 4.98 Å². The van der Waals surface area contributed by atoms with Crippen molar-refractivity contribution in [1.29, 1.82) is 5.26 Å². The quantitative estimate of drug-likeness (QED) is 0.669. The molecule has 86 valence electrons. The predicted molar refractivity (Wildman–Crippen MR) is 70.4 cm³/mol. The number of para-hydroxylation sites is 2. The summed E-state index contributed by atoms with van der Waals surface area (Å²) in [6.07, 6.45) is 3.59. The summed E-state index contributed by atoms with van der Waals surface area (Å²) in [7, 11) is 0. The van der Waals surface area contributed by atoms with Gasteiger partial charge in [0.15, 0.2) is 0 Å². The van der Waals surface area contributed by atoms with Gasteiger partial charge >= 0.3 is 0 Å². The number of nitrogens with zero attached hydrogens (tertiary/aromatic N) is 2. The fraction of sp³-hybridized carbons (Fsp3) is 0. The summed E-state index contributed by atoms with van der Waals surface area (Å²) < 4.78 is 0. The third-order valence-electron chi connectivity index (χ3n) is 2.69. The summed E-state index contributed by atoms with van der Waals surface area (Å²) in [5.41, 5.74) is 3.18. The smallest absolute Gasteiger partial charge is 0.149 e. The molecule has 0 atom stereocenters. The summed E-state index contributed by atoms with van der Waals surface area (Å²) in [5, 5.41) is 9.21. The van der Waals surface area contributed by atoms with E-state index in [1.54, 1.807) is 6.08 Å². The van der Waals surface area contributed by atoms with Crippen molar-refractivity contribution in [2.24, 2.45) is 0 Å². The molecule has 18 heavy (non-hydrogen) atoms. The average molecular weight is 234 g/mol. The minimum absolute atomic E-state index is 0.508. The van der Waals surface area contributed by atoms with Crippen molar-refractivity contribution >= 4 is 22.7 Å². The lowest BCUT2D eigenvalue weighted by atomic mass is 10.2. The number of nitrogens with one attached hydrogen (secondary N) is 2. The Morgan fingerprint density at radius 1 is 1.22 bits per heavy atom. The van der Waals surface area contributed by atoms with Crippen molar-refractivity contribution in [2.45, 2.75) is 0 Å². The van der Waals surface area contributed by atoms with Crippen LogP contribution in [-0.4, -0.2) is 15.0 Å². The molecule has 4 heteroatoms. The van der Waals surface area contributed by atoms with Crippen LogP contribution in [0.4, 0.5) is 0 Å². The molecule has 0 aliphatic heterocycles. The standard InChI is InChI=1S/C14H10N4/c15-9-10(8-11-4-3-7-16-11)14-17-12-5-1-2-6-13(12)18-14/h1-8,16H,(H,17,18). The van der Waals surface area contributed by atoms with E-state index < -0.39 is 0 Å². The summed E-state index contributed by atoms with van der Waals surface area (Å²) in [5.74, 6) is 0.591. The molecular formula is C14H10N4. The van der Waals surface area contributed by atoms with Crippen molar-refractivity contribution in [3.63, 3.8) is 0 Å². The molecule has 0 unspecified atom stereocenters. The monoisotopic (exact) mass is 234 g/mol. The first-order chi connectivity index (χ1) is 8.86. The van der Waals surface area contributed by atoms with E-state index in [4.69, 9.17) is 0 Å². The van der Waals surface area contributed by atoms with Gasteiger partial charge in [-0.2, -0.15) is 5.26 Å². The lowest BCUT2D eigenvalue weighted by Gasteiger charge is -1.91. The van der Waals surface area contributed by atoms with Crippen molar-refractivity contribution in [1.82, 2.24) is 15.0 Å². The van der Waals surface area contributed by atoms with Crippen molar-refractivity contribution in [2.75, 3.05) is 0 Å². The number of aromatic amines is 2. The van der Waals surface area contributed by atoms with Gasteiger partial charge in [0.25, 0.3) is 0 Å². The predicted octanol–water partition coefficient (Wildman–Crippen LogP) is 2.96. The molecule has 2 N–H and O–H groups in total. The Morgan fingerprint density at radius 3 is 2.83 bits per heavy atom. The fourth-order valence-corrected chi connectivity index (χ4v) is 1.82. The highest BCUT2D eigenvalue weighted by Crippen LogP contribution is 2.18. The van der Waals surface area contributed by atoms with E-state index in [0.717, 1.165) is 16.7 Å². The Labute approximate surface area is 104 Å². The van der Waals surface area contributed by atoms with Gasteiger partial charge in [0.05, 0.1) is 16.6 Å². The maximum Gasteiger partial charge on any atom is 0.149 e. The van der Waals surface area contributed by atoms with Gasteiger partial charge in [-0.15, -0.1) is 0 Å². The normalized spacial score (nSPS) is 11.6. The molecule has 2 heterocycles. The minimum Gasteiger partial charge on any atom is -0.362 e. The van der Waals surface area contributed by atoms with E-state index >= 15 is 0 Å². The largest absolute Gasteiger partial charge is 0.362 e. The minimum atomic E-state index is 0.508. The van der Waals surface area contributed by atoms with E-state index in [2.05, 4.69) is 21.0 Å². The highest BCUT2D eigenvalue weighted by atomic mass is 14.9. The van der Waals surface area contributed by atoms with Crippen LogP contribution in [-0.2, 0) is 0 Å². The van der Waals surface area contributed by atoms with Crippen LogP contribution in [0.15, 0.2) is 42.6 Å². The SMILES string of the molecule is N#CC(=Cc1ccc[nH]1)c1nc2ccccc2[nH]1. The Bertz CT molecular complexity index is 709. The molecular weight excluding hydrogens is 224 g/mol. The van der Waals surface area contributed by atoms with Crippen molar-refractivity contribution < 1.29 is 0 Å². The summed E-state index contributed by atoms with van der Waals surface area (Å²) in [6, 6.07) is 13.7. The summed E-state index contributed by atoms with van der Waals surface area (Å²) in [4.78, 5) is 10.6. The van der Waals surface area contributed by atoms with Crippen LogP contribution in [0.25, 0.3) is 22.7 Å². The van der Waals surface area contributed by atoms with E-state index in [1.165, 1.54) is 0 Å². The maximum absolute atomic E-state index is 9.21. The Balaban J connectivity index is 2.09. The number of rotatable bonds is 2. The van der Waals surface area contributed by atoms with Gasteiger partial charge in [-0.05, 0) is 30.3 Å². The van der Waals surface area contributed by atoms with E-state index in [1.807, 2.05) is 42.6 Å². The highest BCUT2D eigenvalue weighted by molar-refractivity contribution is 5.89. The van der Waals surface area contributed by atoms with Gasteiger partial charge in [0.2, 0.25) is 0 Å². The van der Waals surface area contributed by atoms with Crippen molar-refractivity contribution in [3.05, 3.63) is 54.1 Å². The zero-order valence-electron chi connectivity index (χ0n) is 9.51. The zero-order valence-corrected chi connectivity index (χ0v) is 9.51. The van der Waals surface area contributed by atoms with Crippen LogP contribution in [0.3, 0.4) is 0 Å². The molecule has 1 aromatic carbocycles. The molecule has 0 fully saturated rings. The molecule has 3 rings (SSSR count). The molecule has 0 aliphatic rings. The second kappa shape index (κ2) is 4.22. The molecule has 3 aromatic rings. The first-order valence-corrected chi connectivity index (χ1v) is 5.57. The molecule has 0 bridgehead atoms. The van der Waals surface area contributed by atoms with Gasteiger partial charge in [0.1, 0.15) is 11.9 Å². The number of hydrogen-bond donors (Lipinski definition) is 2. The van der Waals surface area contributed by atoms with Gasteiger partial charge in [-0.1, -0.05) is 12.1 Å². The molecule has 4 nitrogen and oxygen atoms in total. The zero-order chi connectivity index (χ0) is 12.4. The third-order valence-corrected chi connectivity index (χ3v) is 2.69. The van der Waals surface area contributed by atoms with Crippen LogP contribution < -0.4 is 0 Å².